The first-order valence-corrected chi connectivity index (χ1v) is 9.20. The van der Waals surface area contributed by atoms with E-state index in [9.17, 15) is 0 Å². The van der Waals surface area contributed by atoms with Gasteiger partial charge in [-0.05, 0) is 30.0 Å². The first kappa shape index (κ1) is 22.8. The molecule has 0 spiro atoms. The molecule has 0 aliphatic carbocycles. The molecule has 0 aromatic heterocycles. The quantitative estimate of drug-likeness (QED) is 0.190. The van der Waals surface area contributed by atoms with Crippen molar-refractivity contribution in [1.29, 1.82) is 0 Å². The highest BCUT2D eigenvalue weighted by Crippen LogP contribution is 2.18. The van der Waals surface area contributed by atoms with Gasteiger partial charge in [0.25, 0.3) is 0 Å². The number of aliphatic imine (C=N–C) groups is 1. The second kappa shape index (κ2) is 13.0. The number of hydrogen-bond acceptors (Lipinski definition) is 3. The summed E-state index contributed by atoms with van der Waals surface area (Å²) in [7, 11) is 1.79. The second-order valence-corrected chi connectivity index (χ2v) is 6.69. The zero-order valence-corrected chi connectivity index (χ0v) is 18.5. The van der Waals surface area contributed by atoms with E-state index in [1.807, 2.05) is 0 Å². The largest absolute Gasteiger partial charge is 0.380 e. The number of halogens is 1. The maximum absolute atomic E-state index is 5.62. The van der Waals surface area contributed by atoms with Gasteiger partial charge in [0.2, 0.25) is 0 Å². The number of rotatable bonds is 9. The van der Waals surface area contributed by atoms with Crippen LogP contribution in [0, 0.1) is 5.92 Å². The molecule has 26 heavy (non-hydrogen) atoms. The third kappa shape index (κ3) is 8.40. The van der Waals surface area contributed by atoms with Crippen molar-refractivity contribution in [3.63, 3.8) is 0 Å². The standard InChI is InChI=1S/C20H32N4O.HI/c1-17(2)9-13-25-14-10-22-20(21-3)23-16-18-7-6-8-19(15-18)24-11-4-5-12-24;/h4-8,15,17H,9-14,16H2,1-3H3,(H2,21,22,23);1H. The molecule has 1 aliphatic rings. The molecular weight excluding hydrogens is 439 g/mol. The lowest BCUT2D eigenvalue weighted by Gasteiger charge is -2.19. The van der Waals surface area contributed by atoms with Gasteiger partial charge in [-0.2, -0.15) is 0 Å². The van der Waals surface area contributed by atoms with E-state index in [2.05, 4.69) is 70.8 Å². The van der Waals surface area contributed by atoms with Crippen molar-refractivity contribution in [3.05, 3.63) is 42.0 Å². The van der Waals surface area contributed by atoms with Gasteiger partial charge in [-0.15, -0.1) is 24.0 Å². The molecule has 1 aliphatic heterocycles. The van der Waals surface area contributed by atoms with E-state index in [1.54, 1.807) is 7.05 Å². The zero-order valence-electron chi connectivity index (χ0n) is 16.2. The summed E-state index contributed by atoms with van der Waals surface area (Å²) in [6.07, 6.45) is 5.52. The minimum atomic E-state index is 0. The lowest BCUT2D eigenvalue weighted by Crippen LogP contribution is -2.38. The molecule has 0 unspecified atom stereocenters. The number of nitrogens with zero attached hydrogens (tertiary/aromatic N) is 2. The Morgan fingerprint density at radius 3 is 2.65 bits per heavy atom. The molecule has 0 atom stereocenters. The van der Waals surface area contributed by atoms with Crippen molar-refractivity contribution in [1.82, 2.24) is 10.6 Å². The molecule has 1 aromatic carbocycles. The Bertz CT molecular complexity index is 567. The SMILES string of the molecule is CN=C(NCCOCCC(C)C)NCc1cccc(N2CC=CC2)c1.I. The lowest BCUT2D eigenvalue weighted by atomic mass is 10.1. The highest BCUT2D eigenvalue weighted by Gasteiger charge is 2.08. The van der Waals surface area contributed by atoms with Gasteiger partial charge in [0.1, 0.15) is 0 Å². The molecule has 0 amide bonds. The number of anilines is 1. The average Bonchev–Trinajstić information content (AvgIpc) is 3.15. The summed E-state index contributed by atoms with van der Waals surface area (Å²) < 4.78 is 5.62. The molecule has 0 saturated carbocycles. The third-order valence-corrected chi connectivity index (χ3v) is 4.16. The second-order valence-electron chi connectivity index (χ2n) is 6.69. The summed E-state index contributed by atoms with van der Waals surface area (Å²) in [5, 5.41) is 6.65. The van der Waals surface area contributed by atoms with Crippen LogP contribution in [0.15, 0.2) is 41.4 Å². The number of benzene rings is 1. The molecule has 0 radical (unpaired) electrons. The molecule has 1 aromatic rings. The van der Waals surface area contributed by atoms with E-state index in [-0.39, 0.29) is 24.0 Å². The molecule has 146 valence electrons. The molecule has 1 heterocycles. The van der Waals surface area contributed by atoms with Gasteiger partial charge < -0.3 is 20.3 Å². The zero-order chi connectivity index (χ0) is 17.9. The number of nitrogens with one attached hydrogen (secondary N) is 2. The minimum Gasteiger partial charge on any atom is -0.380 e. The molecule has 2 N–H and O–H groups in total. The van der Waals surface area contributed by atoms with Crippen LogP contribution in [0.25, 0.3) is 0 Å². The smallest absolute Gasteiger partial charge is 0.191 e. The summed E-state index contributed by atoms with van der Waals surface area (Å²) in [6.45, 7) is 9.45. The molecule has 6 heteroatoms. The lowest BCUT2D eigenvalue weighted by molar-refractivity contribution is 0.128. The van der Waals surface area contributed by atoms with Crippen molar-refractivity contribution >= 4 is 35.6 Å². The van der Waals surface area contributed by atoms with Crippen LogP contribution in [0.4, 0.5) is 5.69 Å². The third-order valence-electron chi connectivity index (χ3n) is 4.16. The van der Waals surface area contributed by atoms with Gasteiger partial charge in [0.15, 0.2) is 5.96 Å². The van der Waals surface area contributed by atoms with Crippen LogP contribution < -0.4 is 15.5 Å². The fraction of sp³-hybridized carbons (Fsp3) is 0.550. The minimum absolute atomic E-state index is 0. The normalized spacial score (nSPS) is 13.8. The summed E-state index contributed by atoms with van der Waals surface area (Å²) in [6, 6.07) is 8.66. The Kier molecular flexibility index (Phi) is 11.4. The van der Waals surface area contributed by atoms with Crippen molar-refractivity contribution in [3.8, 4) is 0 Å². The van der Waals surface area contributed by atoms with Gasteiger partial charge in [-0.25, -0.2) is 0 Å². The van der Waals surface area contributed by atoms with Crippen LogP contribution in [0.1, 0.15) is 25.8 Å². The van der Waals surface area contributed by atoms with E-state index in [1.165, 1.54) is 11.3 Å². The van der Waals surface area contributed by atoms with Crippen molar-refractivity contribution in [2.24, 2.45) is 10.9 Å². The fourth-order valence-electron chi connectivity index (χ4n) is 2.62. The van der Waals surface area contributed by atoms with E-state index in [0.29, 0.717) is 12.5 Å². The number of hydrogen-bond donors (Lipinski definition) is 2. The van der Waals surface area contributed by atoms with Crippen LogP contribution in [-0.2, 0) is 11.3 Å². The van der Waals surface area contributed by atoms with Gasteiger partial charge >= 0.3 is 0 Å². The number of guanidine groups is 1. The van der Waals surface area contributed by atoms with E-state index in [0.717, 1.165) is 45.2 Å². The Morgan fingerprint density at radius 1 is 1.19 bits per heavy atom. The van der Waals surface area contributed by atoms with Crippen LogP contribution in [0.2, 0.25) is 0 Å². The van der Waals surface area contributed by atoms with Gasteiger partial charge in [-0.3, -0.25) is 4.99 Å². The first-order chi connectivity index (χ1) is 12.2. The molecule has 0 saturated heterocycles. The summed E-state index contributed by atoms with van der Waals surface area (Å²) >= 11 is 0. The van der Waals surface area contributed by atoms with Crippen molar-refractivity contribution < 1.29 is 4.74 Å². The average molecular weight is 472 g/mol. The van der Waals surface area contributed by atoms with Crippen LogP contribution in [0.3, 0.4) is 0 Å². The Morgan fingerprint density at radius 2 is 1.96 bits per heavy atom. The van der Waals surface area contributed by atoms with E-state index in [4.69, 9.17) is 4.74 Å². The van der Waals surface area contributed by atoms with Crippen LogP contribution in [0.5, 0.6) is 0 Å². The Hall–Kier alpha value is -1.28. The Labute approximate surface area is 175 Å². The maximum Gasteiger partial charge on any atom is 0.191 e. The Balaban J connectivity index is 0.00000338. The van der Waals surface area contributed by atoms with Gasteiger partial charge in [0, 0.05) is 45.5 Å². The molecular formula is C20H33IN4O. The van der Waals surface area contributed by atoms with Crippen LogP contribution in [-0.4, -0.2) is 45.9 Å². The number of ether oxygens (including phenoxy) is 1. The predicted octanol–water partition coefficient (Wildman–Crippen LogP) is 3.41. The summed E-state index contributed by atoms with van der Waals surface area (Å²) in [4.78, 5) is 6.62. The highest BCUT2D eigenvalue weighted by molar-refractivity contribution is 14.0. The molecule has 0 fully saturated rings. The molecule has 5 nitrogen and oxygen atoms in total. The highest BCUT2D eigenvalue weighted by atomic mass is 127. The van der Waals surface area contributed by atoms with Crippen LogP contribution >= 0.6 is 24.0 Å². The predicted molar refractivity (Wildman–Crippen MR) is 122 cm³/mol. The van der Waals surface area contributed by atoms with E-state index >= 15 is 0 Å². The fourth-order valence-corrected chi connectivity index (χ4v) is 2.62. The van der Waals surface area contributed by atoms with Crippen molar-refractivity contribution in [2.75, 3.05) is 44.8 Å². The summed E-state index contributed by atoms with van der Waals surface area (Å²) in [5.74, 6) is 1.50. The molecule has 2 rings (SSSR count). The summed E-state index contributed by atoms with van der Waals surface area (Å²) in [5.41, 5.74) is 2.52. The maximum atomic E-state index is 5.62. The van der Waals surface area contributed by atoms with Gasteiger partial charge in [-0.1, -0.05) is 38.1 Å². The van der Waals surface area contributed by atoms with Gasteiger partial charge in [0.05, 0.1) is 6.61 Å². The molecule has 0 bridgehead atoms. The first-order valence-electron chi connectivity index (χ1n) is 9.20. The van der Waals surface area contributed by atoms with E-state index < -0.39 is 0 Å². The topological polar surface area (TPSA) is 48.9 Å². The monoisotopic (exact) mass is 472 g/mol. The van der Waals surface area contributed by atoms with Crippen molar-refractivity contribution in [2.45, 2.75) is 26.8 Å².